The maximum Gasteiger partial charge on any atom is 0.254 e. The maximum atomic E-state index is 13.7. The number of carbonyl (C=O) groups is 1. The van der Waals surface area contributed by atoms with Gasteiger partial charge in [0.15, 0.2) is 0 Å². The Morgan fingerprint density at radius 2 is 2.00 bits per heavy atom. The van der Waals surface area contributed by atoms with Gasteiger partial charge in [0.05, 0.1) is 0 Å². The van der Waals surface area contributed by atoms with E-state index in [2.05, 4.69) is 42.7 Å². The zero-order valence-electron chi connectivity index (χ0n) is 21.3. The van der Waals surface area contributed by atoms with E-state index in [1.165, 1.54) is 11.1 Å². The molecule has 2 heterocycles. The van der Waals surface area contributed by atoms with Crippen LogP contribution in [0.2, 0.25) is 0 Å². The van der Waals surface area contributed by atoms with E-state index in [1.54, 1.807) is 0 Å². The standard InChI is InChI=1S/C30H39N3O2/c1-4-25-27-22(18-33(25)28(35)20-8-6-5-7-9-20)16-29(3)26-14-21-10-11-23(34)15-24(21)30(27,29)12-13-32(26)17-19(2)31/h5-11,15,19,22,25-27,34H,4,12-14,16-18,31H2,1-3H3/t19-,22-,25?,26?,27?,29?,30?/m1/s1. The summed E-state index contributed by atoms with van der Waals surface area (Å²) < 4.78 is 0. The third-order valence-electron chi connectivity index (χ3n) is 10.2. The van der Waals surface area contributed by atoms with Crippen LogP contribution in [0.15, 0.2) is 48.5 Å². The highest BCUT2D eigenvalue weighted by Gasteiger charge is 2.72. The van der Waals surface area contributed by atoms with Gasteiger partial charge in [-0.3, -0.25) is 9.69 Å². The molecule has 2 bridgehead atoms. The van der Waals surface area contributed by atoms with Crippen molar-refractivity contribution in [1.82, 2.24) is 9.80 Å². The number of likely N-dealkylation sites (tertiary alicyclic amines) is 2. The third kappa shape index (κ3) is 3.10. The molecule has 2 aliphatic carbocycles. The van der Waals surface area contributed by atoms with Crippen molar-refractivity contribution in [2.45, 2.75) is 70.0 Å². The van der Waals surface area contributed by atoms with Crippen LogP contribution in [0, 0.1) is 17.3 Å². The lowest BCUT2D eigenvalue weighted by Gasteiger charge is -2.63. The Morgan fingerprint density at radius 1 is 1.23 bits per heavy atom. The number of carbonyl (C=O) groups excluding carboxylic acids is 1. The van der Waals surface area contributed by atoms with E-state index in [1.807, 2.05) is 36.4 Å². The molecular formula is C30H39N3O2. The SMILES string of the molecule is CCC1C2[C@@H](CN1C(=O)c1ccccc1)CC1(C)C3Cc4ccc(O)cc4C21CCN3C[C@@H](C)N. The number of fused-ring (bicyclic) bond motifs is 2. The second kappa shape index (κ2) is 8.07. The van der Waals surface area contributed by atoms with Crippen LogP contribution in [-0.4, -0.2) is 58.6 Å². The Labute approximate surface area is 209 Å². The van der Waals surface area contributed by atoms with Gasteiger partial charge in [0, 0.05) is 42.2 Å². The third-order valence-corrected chi connectivity index (χ3v) is 10.2. The van der Waals surface area contributed by atoms with E-state index in [-0.39, 0.29) is 28.8 Å². The molecule has 0 aromatic heterocycles. The van der Waals surface area contributed by atoms with Crippen molar-refractivity contribution in [2.24, 2.45) is 23.0 Å². The van der Waals surface area contributed by atoms with Crippen molar-refractivity contribution in [2.75, 3.05) is 19.6 Å². The topological polar surface area (TPSA) is 69.8 Å². The van der Waals surface area contributed by atoms with Gasteiger partial charge in [-0.25, -0.2) is 0 Å². The average molecular weight is 474 g/mol. The fourth-order valence-corrected chi connectivity index (χ4v) is 9.19. The lowest BCUT2D eigenvalue weighted by Crippen LogP contribution is -2.67. The minimum absolute atomic E-state index is 0.0324. The van der Waals surface area contributed by atoms with E-state index in [9.17, 15) is 9.90 Å². The number of nitrogens with two attached hydrogens (primary N) is 1. The van der Waals surface area contributed by atoms with E-state index in [0.29, 0.717) is 23.6 Å². The first-order valence-electron chi connectivity index (χ1n) is 13.5. The summed E-state index contributed by atoms with van der Waals surface area (Å²) in [6.07, 6.45) is 4.17. The normalized spacial score (nSPS) is 36.4. The zero-order valence-corrected chi connectivity index (χ0v) is 21.3. The molecule has 35 heavy (non-hydrogen) atoms. The number of phenolic OH excluding ortho intramolecular Hbond substituents is 1. The summed E-state index contributed by atoms with van der Waals surface area (Å²) in [6.45, 7) is 9.68. The summed E-state index contributed by atoms with van der Waals surface area (Å²) >= 11 is 0. The second-order valence-corrected chi connectivity index (χ2v) is 12.0. The molecule has 186 valence electrons. The molecule has 0 radical (unpaired) electrons. The van der Waals surface area contributed by atoms with Crippen molar-refractivity contribution in [3.63, 3.8) is 0 Å². The van der Waals surface area contributed by atoms with Gasteiger partial charge in [-0.1, -0.05) is 38.1 Å². The molecule has 5 unspecified atom stereocenters. The summed E-state index contributed by atoms with van der Waals surface area (Å²) in [5.41, 5.74) is 9.90. The van der Waals surface area contributed by atoms with E-state index < -0.39 is 0 Å². The van der Waals surface area contributed by atoms with Gasteiger partial charge in [-0.05, 0) is 91.8 Å². The molecule has 1 amide bonds. The minimum Gasteiger partial charge on any atom is -0.508 e. The highest BCUT2D eigenvalue weighted by molar-refractivity contribution is 5.94. The smallest absolute Gasteiger partial charge is 0.254 e. The summed E-state index contributed by atoms with van der Waals surface area (Å²) in [6, 6.07) is 16.7. The number of hydrogen-bond donors (Lipinski definition) is 2. The van der Waals surface area contributed by atoms with Crippen LogP contribution in [0.5, 0.6) is 5.75 Å². The fraction of sp³-hybridized carbons (Fsp3) is 0.567. The van der Waals surface area contributed by atoms with Crippen LogP contribution < -0.4 is 5.73 Å². The van der Waals surface area contributed by atoms with Gasteiger partial charge in [-0.2, -0.15) is 0 Å². The van der Waals surface area contributed by atoms with Crippen molar-refractivity contribution in [3.8, 4) is 5.75 Å². The number of rotatable bonds is 4. The fourth-order valence-electron chi connectivity index (χ4n) is 9.19. The predicted octanol–water partition coefficient (Wildman–Crippen LogP) is 4.18. The highest BCUT2D eigenvalue weighted by Crippen LogP contribution is 2.71. The van der Waals surface area contributed by atoms with Gasteiger partial charge < -0.3 is 15.7 Å². The highest BCUT2D eigenvalue weighted by atomic mass is 16.3. The van der Waals surface area contributed by atoms with Crippen LogP contribution >= 0.6 is 0 Å². The van der Waals surface area contributed by atoms with Crippen LogP contribution in [0.25, 0.3) is 0 Å². The van der Waals surface area contributed by atoms with Gasteiger partial charge in [-0.15, -0.1) is 0 Å². The van der Waals surface area contributed by atoms with Gasteiger partial charge in [0.25, 0.3) is 5.91 Å². The van der Waals surface area contributed by atoms with E-state index >= 15 is 0 Å². The molecule has 5 heteroatoms. The van der Waals surface area contributed by atoms with Crippen molar-refractivity contribution < 1.29 is 9.90 Å². The molecule has 2 aliphatic heterocycles. The van der Waals surface area contributed by atoms with Crippen molar-refractivity contribution in [1.29, 1.82) is 0 Å². The number of aromatic hydroxyl groups is 1. The molecule has 4 aliphatic rings. The molecule has 2 aromatic rings. The van der Waals surface area contributed by atoms with Crippen LogP contribution in [0.3, 0.4) is 0 Å². The molecular weight excluding hydrogens is 434 g/mol. The number of nitrogens with zero attached hydrogens (tertiary/aromatic N) is 2. The van der Waals surface area contributed by atoms with Crippen molar-refractivity contribution in [3.05, 3.63) is 65.2 Å². The molecule has 0 spiro atoms. The lowest BCUT2D eigenvalue weighted by molar-refractivity contribution is -0.0627. The monoisotopic (exact) mass is 473 g/mol. The van der Waals surface area contributed by atoms with Gasteiger partial charge >= 0.3 is 0 Å². The molecule has 3 fully saturated rings. The first kappa shape index (κ1) is 23.1. The first-order valence-corrected chi connectivity index (χ1v) is 13.5. The molecule has 6 rings (SSSR count). The van der Waals surface area contributed by atoms with Crippen LogP contribution in [-0.2, 0) is 11.8 Å². The summed E-state index contributed by atoms with van der Waals surface area (Å²) in [5, 5.41) is 10.6. The lowest BCUT2D eigenvalue weighted by atomic mass is 9.48. The molecule has 1 saturated carbocycles. The molecule has 2 aromatic carbocycles. The second-order valence-electron chi connectivity index (χ2n) is 12.0. The van der Waals surface area contributed by atoms with E-state index in [4.69, 9.17) is 5.73 Å². The number of benzene rings is 2. The number of phenols is 1. The number of hydrogen-bond acceptors (Lipinski definition) is 4. The molecule has 2 saturated heterocycles. The first-order chi connectivity index (χ1) is 16.8. The Morgan fingerprint density at radius 3 is 2.71 bits per heavy atom. The quantitative estimate of drug-likeness (QED) is 0.699. The summed E-state index contributed by atoms with van der Waals surface area (Å²) in [7, 11) is 0. The van der Waals surface area contributed by atoms with Gasteiger partial charge in [0.2, 0.25) is 0 Å². The van der Waals surface area contributed by atoms with E-state index in [0.717, 1.165) is 50.9 Å². The summed E-state index contributed by atoms with van der Waals surface area (Å²) in [4.78, 5) is 18.5. The number of amides is 1. The van der Waals surface area contributed by atoms with Crippen LogP contribution in [0.1, 0.15) is 61.5 Å². The Hall–Kier alpha value is -2.37. The predicted molar refractivity (Wildman–Crippen MR) is 138 cm³/mol. The molecule has 7 atom stereocenters. The van der Waals surface area contributed by atoms with Gasteiger partial charge in [0.1, 0.15) is 5.75 Å². The Balaban J connectivity index is 1.47. The average Bonchev–Trinajstić information content (AvgIpc) is 3.32. The van der Waals surface area contributed by atoms with Crippen LogP contribution in [0.4, 0.5) is 0 Å². The maximum absolute atomic E-state index is 13.7. The Kier molecular flexibility index (Phi) is 5.32. The Bertz CT molecular complexity index is 1130. The summed E-state index contributed by atoms with van der Waals surface area (Å²) in [5.74, 6) is 1.42. The molecule has 5 nitrogen and oxygen atoms in total. The van der Waals surface area contributed by atoms with Crippen molar-refractivity contribution >= 4 is 5.91 Å². The molecule has 3 N–H and O–H groups in total. The number of piperidine rings is 1. The zero-order chi connectivity index (χ0) is 24.5. The largest absolute Gasteiger partial charge is 0.508 e. The minimum atomic E-state index is -0.0324.